The predicted octanol–water partition coefficient (Wildman–Crippen LogP) is 1.83. The van der Waals surface area contributed by atoms with E-state index >= 15 is 0 Å². The second kappa shape index (κ2) is 4.26. The maximum Gasteiger partial charge on any atom is 0.224 e. The Hall–Kier alpha value is -1.58. The Morgan fingerprint density at radius 2 is 2.11 bits per heavy atom. The van der Waals surface area contributed by atoms with Crippen LogP contribution >= 0.6 is 0 Å². The lowest BCUT2D eigenvalue weighted by atomic mass is 9.91. The average molecular weight is 248 g/mol. The first-order valence-corrected chi connectivity index (χ1v) is 6.35. The number of carbonyl (C=O) groups excluding carboxylic acids is 2. The first kappa shape index (κ1) is 12.9. The number of hydrogen-bond acceptors (Lipinski definition) is 2. The number of nitrogens with zero attached hydrogens (tertiary/aromatic N) is 1. The van der Waals surface area contributed by atoms with Crippen molar-refractivity contribution in [1.82, 2.24) is 4.57 Å². The number of carbonyl (C=O) groups is 2. The molecule has 0 spiro atoms. The van der Waals surface area contributed by atoms with Gasteiger partial charge in [-0.1, -0.05) is 0 Å². The van der Waals surface area contributed by atoms with Gasteiger partial charge in [-0.05, 0) is 39.7 Å². The lowest BCUT2D eigenvalue weighted by molar-refractivity contribution is -0.126. The summed E-state index contributed by atoms with van der Waals surface area (Å²) in [4.78, 5) is 23.3. The molecule has 0 radical (unpaired) electrons. The standard InChI is InChI=1S/C14H20N2O2/c1-9-7-10-11(5-4-6-12(10)17)16(9)8-14(2,3)13(15)18/h7H,4-6,8H2,1-3H3,(H2,15,18). The van der Waals surface area contributed by atoms with Crippen molar-refractivity contribution in [2.45, 2.75) is 46.6 Å². The van der Waals surface area contributed by atoms with Crippen molar-refractivity contribution in [2.24, 2.45) is 11.1 Å². The van der Waals surface area contributed by atoms with Crippen molar-refractivity contribution >= 4 is 11.7 Å². The molecule has 0 fully saturated rings. The number of Topliss-reactive ketones (excluding diaryl/α,β-unsaturated/α-hetero) is 1. The van der Waals surface area contributed by atoms with Crippen molar-refractivity contribution in [1.29, 1.82) is 0 Å². The van der Waals surface area contributed by atoms with Crippen LogP contribution < -0.4 is 5.73 Å². The lowest BCUT2D eigenvalue weighted by Gasteiger charge is -2.25. The van der Waals surface area contributed by atoms with Gasteiger partial charge in [-0.3, -0.25) is 9.59 Å². The minimum Gasteiger partial charge on any atom is -0.369 e. The van der Waals surface area contributed by atoms with Crippen molar-refractivity contribution < 1.29 is 9.59 Å². The minimum atomic E-state index is -0.599. The van der Waals surface area contributed by atoms with E-state index in [-0.39, 0.29) is 11.7 Å². The fourth-order valence-electron chi connectivity index (χ4n) is 2.48. The topological polar surface area (TPSA) is 65.1 Å². The molecule has 2 N–H and O–H groups in total. The van der Waals surface area contributed by atoms with Crippen LogP contribution in [0.5, 0.6) is 0 Å². The third-order valence-corrected chi connectivity index (χ3v) is 3.75. The molecule has 0 saturated heterocycles. The highest BCUT2D eigenvalue weighted by Crippen LogP contribution is 2.28. The van der Waals surface area contributed by atoms with E-state index in [1.165, 1.54) is 0 Å². The van der Waals surface area contributed by atoms with E-state index in [1.54, 1.807) is 0 Å². The highest BCUT2D eigenvalue weighted by atomic mass is 16.1. The molecule has 1 aromatic rings. The molecule has 0 aromatic carbocycles. The Bertz CT molecular complexity index is 512. The maximum atomic E-state index is 11.8. The summed E-state index contributed by atoms with van der Waals surface area (Å²) >= 11 is 0. The number of fused-ring (bicyclic) bond motifs is 1. The van der Waals surface area contributed by atoms with E-state index in [2.05, 4.69) is 4.57 Å². The Morgan fingerprint density at radius 1 is 1.44 bits per heavy atom. The monoisotopic (exact) mass is 248 g/mol. The number of aromatic nitrogens is 1. The van der Waals surface area contributed by atoms with Crippen LogP contribution in [-0.4, -0.2) is 16.3 Å². The Kier molecular flexibility index (Phi) is 3.05. The van der Waals surface area contributed by atoms with Gasteiger partial charge in [0.15, 0.2) is 5.78 Å². The largest absolute Gasteiger partial charge is 0.369 e. The fraction of sp³-hybridized carbons (Fsp3) is 0.571. The lowest BCUT2D eigenvalue weighted by Crippen LogP contribution is -2.36. The molecule has 0 saturated carbocycles. The average Bonchev–Trinajstić information content (AvgIpc) is 2.57. The highest BCUT2D eigenvalue weighted by molar-refractivity contribution is 5.98. The van der Waals surface area contributed by atoms with Gasteiger partial charge in [0.05, 0.1) is 5.41 Å². The SMILES string of the molecule is Cc1cc2c(n1CC(C)(C)C(N)=O)CCCC2=O. The molecule has 1 aliphatic carbocycles. The molecule has 98 valence electrons. The number of amides is 1. The Balaban J connectivity index is 2.40. The van der Waals surface area contributed by atoms with Gasteiger partial charge < -0.3 is 10.3 Å². The van der Waals surface area contributed by atoms with Gasteiger partial charge in [-0.15, -0.1) is 0 Å². The summed E-state index contributed by atoms with van der Waals surface area (Å²) < 4.78 is 2.08. The first-order valence-electron chi connectivity index (χ1n) is 6.35. The van der Waals surface area contributed by atoms with Crippen molar-refractivity contribution in [3.8, 4) is 0 Å². The van der Waals surface area contributed by atoms with Crippen LogP contribution in [0.3, 0.4) is 0 Å². The van der Waals surface area contributed by atoms with Gasteiger partial charge in [0.1, 0.15) is 0 Å². The van der Waals surface area contributed by atoms with Gasteiger partial charge in [0.25, 0.3) is 0 Å². The molecule has 0 unspecified atom stereocenters. The van der Waals surface area contributed by atoms with Gasteiger partial charge in [-0.2, -0.15) is 0 Å². The molecule has 0 bridgehead atoms. The van der Waals surface area contributed by atoms with Gasteiger partial charge in [0, 0.05) is 29.9 Å². The number of primary amides is 1. The number of nitrogens with two attached hydrogens (primary N) is 1. The third kappa shape index (κ3) is 2.07. The fourth-order valence-corrected chi connectivity index (χ4v) is 2.48. The predicted molar refractivity (Wildman–Crippen MR) is 69.4 cm³/mol. The smallest absolute Gasteiger partial charge is 0.224 e. The summed E-state index contributed by atoms with van der Waals surface area (Å²) in [6.45, 7) is 6.19. The Labute approximate surface area is 107 Å². The van der Waals surface area contributed by atoms with E-state index in [4.69, 9.17) is 5.73 Å². The second-order valence-corrected chi connectivity index (χ2v) is 5.76. The van der Waals surface area contributed by atoms with E-state index in [0.29, 0.717) is 13.0 Å². The maximum absolute atomic E-state index is 11.8. The minimum absolute atomic E-state index is 0.218. The van der Waals surface area contributed by atoms with Crippen LogP contribution in [0.4, 0.5) is 0 Å². The highest BCUT2D eigenvalue weighted by Gasteiger charge is 2.29. The van der Waals surface area contributed by atoms with Gasteiger partial charge in [0.2, 0.25) is 5.91 Å². The van der Waals surface area contributed by atoms with E-state index in [1.807, 2.05) is 26.8 Å². The van der Waals surface area contributed by atoms with Crippen LogP contribution in [0, 0.1) is 12.3 Å². The number of aryl methyl sites for hydroxylation is 1. The number of rotatable bonds is 3. The van der Waals surface area contributed by atoms with Crippen LogP contribution in [-0.2, 0) is 17.8 Å². The first-order chi connectivity index (χ1) is 8.33. The molecule has 1 aliphatic rings. The van der Waals surface area contributed by atoms with E-state index in [0.717, 1.165) is 29.8 Å². The molecule has 18 heavy (non-hydrogen) atoms. The molecule has 2 rings (SSSR count). The molecular weight excluding hydrogens is 228 g/mol. The summed E-state index contributed by atoms with van der Waals surface area (Å²) in [6, 6.07) is 1.94. The number of hydrogen-bond donors (Lipinski definition) is 1. The van der Waals surface area contributed by atoms with Crippen molar-refractivity contribution in [3.05, 3.63) is 23.0 Å². The zero-order chi connectivity index (χ0) is 13.5. The molecular formula is C14H20N2O2. The van der Waals surface area contributed by atoms with E-state index in [9.17, 15) is 9.59 Å². The summed E-state index contributed by atoms with van der Waals surface area (Å²) in [5.41, 5.74) is 7.75. The van der Waals surface area contributed by atoms with Crippen LogP contribution in [0.15, 0.2) is 6.07 Å². The molecule has 0 atom stereocenters. The molecule has 1 heterocycles. The molecule has 4 heteroatoms. The summed E-state index contributed by atoms with van der Waals surface area (Å²) in [6.07, 6.45) is 2.44. The molecule has 0 aliphatic heterocycles. The zero-order valence-corrected chi connectivity index (χ0v) is 11.2. The van der Waals surface area contributed by atoms with E-state index < -0.39 is 5.41 Å². The van der Waals surface area contributed by atoms with Crippen molar-refractivity contribution in [3.63, 3.8) is 0 Å². The molecule has 4 nitrogen and oxygen atoms in total. The quantitative estimate of drug-likeness (QED) is 0.886. The molecule has 1 amide bonds. The summed E-state index contributed by atoms with van der Waals surface area (Å²) in [7, 11) is 0. The summed E-state index contributed by atoms with van der Waals surface area (Å²) in [5.74, 6) is -0.0959. The van der Waals surface area contributed by atoms with Crippen molar-refractivity contribution in [2.75, 3.05) is 0 Å². The normalized spacial score (nSPS) is 15.6. The third-order valence-electron chi connectivity index (χ3n) is 3.75. The van der Waals surface area contributed by atoms with Gasteiger partial charge >= 0.3 is 0 Å². The number of ketones is 1. The van der Waals surface area contributed by atoms with Crippen LogP contribution in [0.1, 0.15) is 48.4 Å². The second-order valence-electron chi connectivity index (χ2n) is 5.76. The Morgan fingerprint density at radius 3 is 2.72 bits per heavy atom. The van der Waals surface area contributed by atoms with Gasteiger partial charge in [-0.25, -0.2) is 0 Å². The van der Waals surface area contributed by atoms with Crippen LogP contribution in [0.2, 0.25) is 0 Å². The van der Waals surface area contributed by atoms with Crippen LogP contribution in [0.25, 0.3) is 0 Å². The summed E-state index contributed by atoms with van der Waals surface area (Å²) in [5, 5.41) is 0. The molecule has 1 aromatic heterocycles. The zero-order valence-electron chi connectivity index (χ0n) is 11.2.